The van der Waals surface area contributed by atoms with Crippen LogP contribution < -0.4 is 16.1 Å². The van der Waals surface area contributed by atoms with Crippen molar-refractivity contribution in [2.75, 3.05) is 20.2 Å². The Balaban J connectivity index is 1.94. The van der Waals surface area contributed by atoms with Crippen LogP contribution in [0.2, 0.25) is 0 Å². The van der Waals surface area contributed by atoms with Gasteiger partial charge in [-0.3, -0.25) is 19.2 Å². The van der Waals surface area contributed by atoms with E-state index in [4.69, 9.17) is 0 Å². The molecule has 0 radical (unpaired) electrons. The number of amides is 2. The molecule has 2 rings (SSSR count). The zero-order valence-electron chi connectivity index (χ0n) is 13.0. The first-order valence-electron chi connectivity index (χ1n) is 7.20. The average molecular weight is 331 g/mol. The van der Waals surface area contributed by atoms with Crippen molar-refractivity contribution in [1.82, 2.24) is 15.6 Å². The van der Waals surface area contributed by atoms with E-state index in [1.54, 1.807) is 18.2 Å². The summed E-state index contributed by atoms with van der Waals surface area (Å²) < 4.78 is 4.39. The highest BCUT2D eigenvalue weighted by Gasteiger charge is 2.10. The smallest absolute Gasteiger partial charge is 0.325 e. The average Bonchev–Trinajstić information content (AvgIpc) is 2.58. The molecule has 126 valence electrons. The molecular weight excluding hydrogens is 314 g/mol. The van der Waals surface area contributed by atoms with Gasteiger partial charge in [-0.15, -0.1) is 0 Å². The fourth-order valence-electron chi connectivity index (χ4n) is 2.13. The standard InChI is InChI=1S/C16H17N3O5/c1-24-15(23)9-19-14(22)8-18-13(21)7-10-3-2-4-11-12(20)5-6-17-16(10)11/h2-6H,7-9H2,1H3,(H,17,20)(H,18,21)(H,19,22). The zero-order chi connectivity index (χ0) is 17.5. The molecule has 0 aliphatic heterocycles. The van der Waals surface area contributed by atoms with Gasteiger partial charge >= 0.3 is 5.97 Å². The van der Waals surface area contributed by atoms with Crippen molar-refractivity contribution < 1.29 is 19.1 Å². The van der Waals surface area contributed by atoms with Crippen molar-refractivity contribution in [3.63, 3.8) is 0 Å². The van der Waals surface area contributed by atoms with E-state index in [2.05, 4.69) is 20.4 Å². The second kappa shape index (κ2) is 7.91. The predicted octanol–water partition coefficient (Wildman–Crippen LogP) is -0.524. The maximum atomic E-state index is 12.0. The number of carbonyl (C=O) groups excluding carboxylic acids is 3. The molecule has 0 saturated heterocycles. The summed E-state index contributed by atoms with van der Waals surface area (Å²) in [6, 6.07) is 6.52. The van der Waals surface area contributed by atoms with E-state index in [0.717, 1.165) is 0 Å². The normalized spacial score (nSPS) is 10.2. The number of rotatable bonds is 6. The summed E-state index contributed by atoms with van der Waals surface area (Å²) >= 11 is 0. The lowest BCUT2D eigenvalue weighted by atomic mass is 10.1. The first-order chi connectivity index (χ1) is 11.5. The van der Waals surface area contributed by atoms with Crippen LogP contribution >= 0.6 is 0 Å². The quantitative estimate of drug-likeness (QED) is 0.616. The number of hydrogen-bond acceptors (Lipinski definition) is 5. The molecule has 2 aromatic rings. The monoisotopic (exact) mass is 331 g/mol. The van der Waals surface area contributed by atoms with Gasteiger partial charge < -0.3 is 20.4 Å². The van der Waals surface area contributed by atoms with Gasteiger partial charge in [-0.25, -0.2) is 0 Å². The number of H-pyrrole nitrogens is 1. The Bertz CT molecular complexity index is 828. The molecule has 1 aromatic carbocycles. The van der Waals surface area contributed by atoms with Gasteiger partial charge in [-0.1, -0.05) is 12.1 Å². The van der Waals surface area contributed by atoms with Crippen LogP contribution in [0.25, 0.3) is 10.9 Å². The van der Waals surface area contributed by atoms with Crippen LogP contribution in [-0.2, 0) is 25.5 Å². The van der Waals surface area contributed by atoms with Crippen LogP contribution in [-0.4, -0.2) is 43.0 Å². The number of ether oxygens (including phenoxy) is 1. The highest BCUT2D eigenvalue weighted by molar-refractivity contribution is 5.90. The van der Waals surface area contributed by atoms with E-state index in [9.17, 15) is 19.2 Å². The van der Waals surface area contributed by atoms with Crippen molar-refractivity contribution in [2.45, 2.75) is 6.42 Å². The number of aromatic amines is 1. The first kappa shape index (κ1) is 17.2. The second-order valence-electron chi connectivity index (χ2n) is 4.99. The van der Waals surface area contributed by atoms with Crippen LogP contribution in [0.5, 0.6) is 0 Å². The Kier molecular flexibility index (Phi) is 5.67. The van der Waals surface area contributed by atoms with Gasteiger partial charge in [0.25, 0.3) is 0 Å². The van der Waals surface area contributed by atoms with E-state index >= 15 is 0 Å². The highest BCUT2D eigenvalue weighted by Crippen LogP contribution is 2.13. The number of hydrogen-bond donors (Lipinski definition) is 3. The SMILES string of the molecule is COC(=O)CNC(=O)CNC(=O)Cc1cccc2c(=O)cc[nH]c12. The Labute approximate surface area is 137 Å². The summed E-state index contributed by atoms with van der Waals surface area (Å²) in [5.41, 5.74) is 1.11. The van der Waals surface area contributed by atoms with Crippen molar-refractivity contribution in [1.29, 1.82) is 0 Å². The number of methoxy groups -OCH3 is 1. The summed E-state index contributed by atoms with van der Waals surface area (Å²) in [5, 5.41) is 5.27. The van der Waals surface area contributed by atoms with Gasteiger partial charge in [0.15, 0.2) is 5.43 Å². The van der Waals surface area contributed by atoms with E-state index in [1.807, 2.05) is 0 Å². The summed E-state index contributed by atoms with van der Waals surface area (Å²) in [4.78, 5) is 49.1. The van der Waals surface area contributed by atoms with Gasteiger partial charge in [-0.2, -0.15) is 0 Å². The number of nitrogens with one attached hydrogen (secondary N) is 3. The fourth-order valence-corrected chi connectivity index (χ4v) is 2.13. The van der Waals surface area contributed by atoms with Crippen molar-refractivity contribution in [3.05, 3.63) is 46.2 Å². The molecule has 1 aromatic heterocycles. The first-order valence-corrected chi connectivity index (χ1v) is 7.20. The molecule has 8 nitrogen and oxygen atoms in total. The Hall–Kier alpha value is -3.16. The molecule has 0 atom stereocenters. The number of carbonyl (C=O) groups is 3. The Morgan fingerprint density at radius 3 is 2.58 bits per heavy atom. The zero-order valence-corrected chi connectivity index (χ0v) is 13.0. The number of para-hydroxylation sites is 1. The molecule has 1 heterocycles. The van der Waals surface area contributed by atoms with Gasteiger partial charge in [0, 0.05) is 17.6 Å². The summed E-state index contributed by atoms with van der Waals surface area (Å²) in [6.07, 6.45) is 1.54. The van der Waals surface area contributed by atoms with Crippen molar-refractivity contribution >= 4 is 28.7 Å². The number of pyridine rings is 1. The van der Waals surface area contributed by atoms with Gasteiger partial charge in [-0.05, 0) is 11.6 Å². The predicted molar refractivity (Wildman–Crippen MR) is 86.3 cm³/mol. The lowest BCUT2D eigenvalue weighted by molar-refractivity contribution is -0.141. The van der Waals surface area contributed by atoms with E-state index in [1.165, 1.54) is 19.4 Å². The lowest BCUT2D eigenvalue weighted by Crippen LogP contribution is -2.39. The number of fused-ring (bicyclic) bond motifs is 1. The van der Waals surface area contributed by atoms with Gasteiger partial charge in [0.05, 0.1) is 25.6 Å². The summed E-state index contributed by atoms with van der Waals surface area (Å²) in [7, 11) is 1.21. The van der Waals surface area contributed by atoms with Crippen LogP contribution in [0.15, 0.2) is 35.3 Å². The molecule has 0 aliphatic carbocycles. The van der Waals surface area contributed by atoms with Crippen molar-refractivity contribution in [3.8, 4) is 0 Å². The third kappa shape index (κ3) is 4.42. The minimum Gasteiger partial charge on any atom is -0.468 e. The molecule has 0 unspecified atom stereocenters. The van der Waals surface area contributed by atoms with Crippen LogP contribution in [0.4, 0.5) is 0 Å². The maximum Gasteiger partial charge on any atom is 0.325 e. The molecule has 0 bridgehead atoms. The molecule has 0 aliphatic rings. The summed E-state index contributed by atoms with van der Waals surface area (Å²) in [6.45, 7) is -0.507. The van der Waals surface area contributed by atoms with Gasteiger partial charge in [0.2, 0.25) is 11.8 Å². The number of aromatic nitrogens is 1. The molecule has 0 spiro atoms. The highest BCUT2D eigenvalue weighted by atomic mass is 16.5. The third-order valence-electron chi connectivity index (χ3n) is 3.33. The van der Waals surface area contributed by atoms with Crippen LogP contribution in [0.1, 0.15) is 5.56 Å². The van der Waals surface area contributed by atoms with Gasteiger partial charge in [0.1, 0.15) is 6.54 Å². The van der Waals surface area contributed by atoms with E-state index in [0.29, 0.717) is 16.5 Å². The summed E-state index contributed by atoms with van der Waals surface area (Å²) in [5.74, 6) is -1.45. The Morgan fingerprint density at radius 2 is 1.83 bits per heavy atom. The Morgan fingerprint density at radius 1 is 1.08 bits per heavy atom. The molecular formula is C16H17N3O5. The lowest BCUT2D eigenvalue weighted by Gasteiger charge is -2.08. The fraction of sp³-hybridized carbons (Fsp3) is 0.250. The maximum absolute atomic E-state index is 12.0. The second-order valence-corrected chi connectivity index (χ2v) is 4.99. The van der Waals surface area contributed by atoms with Crippen LogP contribution in [0, 0.1) is 0 Å². The molecule has 0 fully saturated rings. The molecule has 0 saturated carbocycles. The third-order valence-corrected chi connectivity index (χ3v) is 3.33. The van der Waals surface area contributed by atoms with Crippen LogP contribution in [0.3, 0.4) is 0 Å². The topological polar surface area (TPSA) is 117 Å². The minimum atomic E-state index is -0.575. The molecule has 2 amide bonds. The van der Waals surface area contributed by atoms with E-state index < -0.39 is 11.9 Å². The number of benzene rings is 1. The molecule has 8 heteroatoms. The minimum absolute atomic E-state index is 0.0155. The number of esters is 1. The van der Waals surface area contributed by atoms with E-state index in [-0.39, 0.29) is 30.8 Å². The largest absolute Gasteiger partial charge is 0.468 e. The van der Waals surface area contributed by atoms with Crippen molar-refractivity contribution in [2.24, 2.45) is 0 Å². The molecule has 3 N–H and O–H groups in total. The molecule has 24 heavy (non-hydrogen) atoms.